The molecule has 176 valence electrons. The predicted octanol–water partition coefficient (Wildman–Crippen LogP) is 4.58. The maximum atomic E-state index is 13.0. The highest BCUT2D eigenvalue weighted by molar-refractivity contribution is 5.98. The van der Waals surface area contributed by atoms with Crippen molar-refractivity contribution in [3.8, 4) is 5.69 Å². The standard InChI is InChI=1S/C28H32N4O2/c1-20-3-8-25(9-4-20)32-21(2)26(19-30-32)28(33)17-22-5-12-27(29-18-22)23-6-10-24(11-7-23)31-13-15-34-16-14-31/h3-6,8-9,12,18-19,24H,7,10-11,13-17H2,1-2H3. The molecule has 1 aromatic carbocycles. The van der Waals surface area contributed by atoms with Crippen LogP contribution in [0.5, 0.6) is 0 Å². The van der Waals surface area contributed by atoms with Gasteiger partial charge in [0.25, 0.3) is 0 Å². The van der Waals surface area contributed by atoms with Crippen LogP contribution in [-0.2, 0) is 11.2 Å². The number of aromatic nitrogens is 3. The number of rotatable bonds is 6. The van der Waals surface area contributed by atoms with Crippen LogP contribution in [0.1, 0.15) is 52.1 Å². The molecule has 1 aliphatic heterocycles. The third-order valence-electron chi connectivity index (χ3n) is 7.05. The monoisotopic (exact) mass is 456 g/mol. The van der Waals surface area contributed by atoms with E-state index in [0.717, 1.165) is 68.2 Å². The number of hydrogen-bond acceptors (Lipinski definition) is 5. The summed E-state index contributed by atoms with van der Waals surface area (Å²) in [7, 11) is 0. The first-order valence-corrected chi connectivity index (χ1v) is 12.2. The largest absolute Gasteiger partial charge is 0.379 e. The third kappa shape index (κ3) is 4.88. The number of pyridine rings is 1. The minimum absolute atomic E-state index is 0.0654. The van der Waals surface area contributed by atoms with Crippen molar-refractivity contribution in [2.75, 3.05) is 26.3 Å². The number of morpholine rings is 1. The van der Waals surface area contributed by atoms with Gasteiger partial charge in [0.05, 0.1) is 42.0 Å². The summed E-state index contributed by atoms with van der Waals surface area (Å²) in [6.07, 6.45) is 9.48. The molecular weight excluding hydrogens is 424 g/mol. The van der Waals surface area contributed by atoms with E-state index in [1.807, 2.05) is 36.0 Å². The lowest BCUT2D eigenvalue weighted by Gasteiger charge is -2.36. The maximum Gasteiger partial charge on any atom is 0.170 e. The van der Waals surface area contributed by atoms with Gasteiger partial charge in [-0.25, -0.2) is 4.68 Å². The summed E-state index contributed by atoms with van der Waals surface area (Å²) in [5, 5.41) is 4.46. The Morgan fingerprint density at radius 1 is 1.06 bits per heavy atom. The molecule has 0 saturated carbocycles. The van der Waals surface area contributed by atoms with Crippen LogP contribution in [0.3, 0.4) is 0 Å². The fraction of sp³-hybridized carbons (Fsp3) is 0.393. The zero-order valence-corrected chi connectivity index (χ0v) is 20.0. The fourth-order valence-corrected chi connectivity index (χ4v) is 4.96. The fourth-order valence-electron chi connectivity index (χ4n) is 4.96. The Morgan fingerprint density at radius 3 is 2.53 bits per heavy atom. The molecule has 5 rings (SSSR count). The number of aryl methyl sites for hydroxylation is 1. The highest BCUT2D eigenvalue weighted by atomic mass is 16.5. The molecular formula is C28H32N4O2. The molecule has 1 fully saturated rings. The van der Waals surface area contributed by atoms with Gasteiger partial charge in [-0.05, 0) is 62.4 Å². The zero-order chi connectivity index (χ0) is 23.5. The smallest absolute Gasteiger partial charge is 0.170 e. The molecule has 0 spiro atoms. The average molecular weight is 457 g/mol. The van der Waals surface area contributed by atoms with Crippen LogP contribution in [0.4, 0.5) is 0 Å². The van der Waals surface area contributed by atoms with Crippen molar-refractivity contribution >= 4 is 11.4 Å². The number of carbonyl (C=O) groups excluding carboxylic acids is 1. The Bertz CT molecular complexity index is 1170. The van der Waals surface area contributed by atoms with Gasteiger partial charge in [0.15, 0.2) is 5.78 Å². The van der Waals surface area contributed by atoms with Crippen LogP contribution >= 0.6 is 0 Å². The number of hydrogen-bond donors (Lipinski definition) is 0. The SMILES string of the molecule is Cc1ccc(-n2ncc(C(=O)Cc3ccc(C4=CCC(N5CCOCC5)CC4)nc3)c2C)cc1. The molecule has 1 aliphatic carbocycles. The predicted molar refractivity (Wildman–Crippen MR) is 133 cm³/mol. The molecule has 2 aliphatic rings. The highest BCUT2D eigenvalue weighted by Crippen LogP contribution is 2.29. The molecule has 2 aromatic heterocycles. The number of allylic oxidation sites excluding steroid dienone is 1. The van der Waals surface area contributed by atoms with E-state index in [1.165, 1.54) is 11.1 Å². The van der Waals surface area contributed by atoms with Gasteiger partial charge < -0.3 is 4.74 Å². The van der Waals surface area contributed by atoms with E-state index in [2.05, 4.69) is 41.2 Å². The number of carbonyl (C=O) groups is 1. The van der Waals surface area contributed by atoms with Gasteiger partial charge >= 0.3 is 0 Å². The maximum absolute atomic E-state index is 13.0. The second-order valence-electron chi connectivity index (χ2n) is 9.35. The number of benzene rings is 1. The van der Waals surface area contributed by atoms with Crippen LogP contribution in [-0.4, -0.2) is 57.8 Å². The van der Waals surface area contributed by atoms with Gasteiger partial charge in [-0.15, -0.1) is 0 Å². The molecule has 0 bridgehead atoms. The van der Waals surface area contributed by atoms with Crippen molar-refractivity contribution in [1.29, 1.82) is 0 Å². The second kappa shape index (κ2) is 10.0. The summed E-state index contributed by atoms with van der Waals surface area (Å²) in [4.78, 5) is 20.3. The van der Waals surface area contributed by atoms with Gasteiger partial charge in [-0.3, -0.25) is 14.7 Å². The van der Waals surface area contributed by atoms with E-state index >= 15 is 0 Å². The summed E-state index contributed by atoms with van der Waals surface area (Å²) in [5.74, 6) is 0.0654. The Kier molecular flexibility index (Phi) is 6.70. The summed E-state index contributed by atoms with van der Waals surface area (Å²) >= 11 is 0. The molecule has 3 aromatic rings. The van der Waals surface area contributed by atoms with Crippen LogP contribution in [0.15, 0.2) is 54.9 Å². The Labute approximate surface area is 201 Å². The lowest BCUT2D eigenvalue weighted by Crippen LogP contribution is -2.43. The first-order valence-electron chi connectivity index (χ1n) is 12.2. The molecule has 1 unspecified atom stereocenters. The van der Waals surface area contributed by atoms with E-state index in [-0.39, 0.29) is 5.78 Å². The van der Waals surface area contributed by atoms with Crippen molar-refractivity contribution in [1.82, 2.24) is 19.7 Å². The zero-order valence-electron chi connectivity index (χ0n) is 20.0. The summed E-state index contributed by atoms with van der Waals surface area (Å²) in [6, 6.07) is 12.9. The molecule has 6 nitrogen and oxygen atoms in total. The van der Waals surface area contributed by atoms with Gasteiger partial charge in [0.2, 0.25) is 0 Å². The molecule has 34 heavy (non-hydrogen) atoms. The third-order valence-corrected chi connectivity index (χ3v) is 7.05. The molecule has 1 atom stereocenters. The van der Waals surface area contributed by atoms with Crippen molar-refractivity contribution in [3.05, 3.63) is 82.9 Å². The van der Waals surface area contributed by atoms with Crippen LogP contribution in [0.25, 0.3) is 11.3 Å². The highest BCUT2D eigenvalue weighted by Gasteiger charge is 2.24. The van der Waals surface area contributed by atoms with Crippen molar-refractivity contribution < 1.29 is 9.53 Å². The molecule has 6 heteroatoms. The number of ketones is 1. The average Bonchev–Trinajstić information content (AvgIpc) is 3.27. The van der Waals surface area contributed by atoms with E-state index in [9.17, 15) is 4.79 Å². The Balaban J connectivity index is 1.22. The molecule has 3 heterocycles. The van der Waals surface area contributed by atoms with E-state index in [0.29, 0.717) is 18.0 Å². The normalized spacial score (nSPS) is 19.1. The summed E-state index contributed by atoms with van der Waals surface area (Å²) in [5.41, 5.74) is 6.96. The molecule has 0 N–H and O–H groups in total. The van der Waals surface area contributed by atoms with E-state index in [4.69, 9.17) is 9.72 Å². The van der Waals surface area contributed by atoms with Crippen molar-refractivity contribution in [2.24, 2.45) is 0 Å². The first kappa shape index (κ1) is 22.7. The second-order valence-corrected chi connectivity index (χ2v) is 9.35. The minimum atomic E-state index is 0.0654. The van der Waals surface area contributed by atoms with Crippen molar-refractivity contribution in [2.45, 2.75) is 45.6 Å². The number of nitrogens with zero attached hydrogens (tertiary/aromatic N) is 4. The molecule has 1 saturated heterocycles. The van der Waals surface area contributed by atoms with Gasteiger partial charge in [-0.2, -0.15) is 5.10 Å². The van der Waals surface area contributed by atoms with E-state index in [1.54, 1.807) is 6.20 Å². The van der Waals surface area contributed by atoms with Gasteiger partial charge in [-0.1, -0.05) is 29.8 Å². The van der Waals surface area contributed by atoms with Crippen LogP contribution in [0, 0.1) is 13.8 Å². The number of Topliss-reactive ketones (excluding diaryl/α,β-unsaturated/α-hetero) is 1. The lowest BCUT2D eigenvalue weighted by molar-refractivity contribution is 0.0150. The minimum Gasteiger partial charge on any atom is -0.379 e. The quantitative estimate of drug-likeness (QED) is 0.508. The van der Waals surface area contributed by atoms with Gasteiger partial charge in [0.1, 0.15) is 0 Å². The topological polar surface area (TPSA) is 60.2 Å². The Morgan fingerprint density at radius 2 is 1.85 bits per heavy atom. The summed E-state index contributed by atoms with van der Waals surface area (Å²) in [6.45, 7) is 7.78. The van der Waals surface area contributed by atoms with Crippen LogP contribution < -0.4 is 0 Å². The molecule has 0 radical (unpaired) electrons. The molecule has 0 amide bonds. The van der Waals surface area contributed by atoms with Crippen molar-refractivity contribution in [3.63, 3.8) is 0 Å². The van der Waals surface area contributed by atoms with E-state index < -0.39 is 0 Å². The van der Waals surface area contributed by atoms with Gasteiger partial charge in [0, 0.05) is 31.7 Å². The Hall–Kier alpha value is -3.09. The summed E-state index contributed by atoms with van der Waals surface area (Å²) < 4.78 is 7.31. The first-order chi connectivity index (χ1) is 16.6. The number of ether oxygens (including phenoxy) is 1. The van der Waals surface area contributed by atoms with Crippen LogP contribution in [0.2, 0.25) is 0 Å². The lowest BCUT2D eigenvalue weighted by atomic mass is 9.91.